The maximum Gasteiger partial charge on any atom is 0.418 e. The summed E-state index contributed by atoms with van der Waals surface area (Å²) in [6.45, 7) is -0.712. The number of para-hydroxylation sites is 1. The molecule has 3 amide bonds. The largest absolute Gasteiger partial charge is 0.418 e. The number of amides is 3. The van der Waals surface area contributed by atoms with Gasteiger partial charge in [-0.05, 0) is 41.6 Å². The van der Waals surface area contributed by atoms with Crippen LogP contribution in [-0.4, -0.2) is 28.5 Å². The number of halogens is 4. The molecular formula is C19H12ClF3N2O3S. The second-order valence-electron chi connectivity index (χ2n) is 5.88. The molecule has 1 aliphatic heterocycles. The highest BCUT2D eigenvalue weighted by Crippen LogP contribution is 2.35. The van der Waals surface area contributed by atoms with E-state index in [-0.39, 0.29) is 4.91 Å². The summed E-state index contributed by atoms with van der Waals surface area (Å²) in [6, 6.07) is 11.1. The summed E-state index contributed by atoms with van der Waals surface area (Å²) in [5.41, 5.74) is -0.965. The molecule has 29 heavy (non-hydrogen) atoms. The fraction of sp³-hybridized carbons (Fsp3) is 0.105. The van der Waals surface area contributed by atoms with Crippen molar-refractivity contribution in [2.45, 2.75) is 6.18 Å². The zero-order valence-electron chi connectivity index (χ0n) is 14.5. The minimum Gasteiger partial charge on any atom is -0.324 e. The first-order chi connectivity index (χ1) is 13.7. The number of imide groups is 1. The molecule has 0 atom stereocenters. The van der Waals surface area contributed by atoms with Gasteiger partial charge in [0.05, 0.1) is 16.2 Å². The maximum absolute atomic E-state index is 13.0. The molecule has 0 bridgehead atoms. The highest BCUT2D eigenvalue weighted by molar-refractivity contribution is 8.18. The summed E-state index contributed by atoms with van der Waals surface area (Å²) in [6.07, 6.45) is -3.24. The number of rotatable bonds is 4. The van der Waals surface area contributed by atoms with Crippen LogP contribution in [0.3, 0.4) is 0 Å². The number of benzene rings is 2. The van der Waals surface area contributed by atoms with Crippen molar-refractivity contribution in [2.75, 3.05) is 11.9 Å². The molecule has 0 unspecified atom stereocenters. The molecule has 2 aromatic rings. The van der Waals surface area contributed by atoms with Crippen molar-refractivity contribution in [3.05, 3.63) is 69.6 Å². The van der Waals surface area contributed by atoms with Crippen molar-refractivity contribution in [2.24, 2.45) is 0 Å². The Labute approximate surface area is 172 Å². The highest BCUT2D eigenvalue weighted by Gasteiger charge is 2.37. The van der Waals surface area contributed by atoms with Gasteiger partial charge >= 0.3 is 6.18 Å². The van der Waals surface area contributed by atoms with E-state index < -0.39 is 41.0 Å². The van der Waals surface area contributed by atoms with Crippen molar-refractivity contribution in [1.82, 2.24) is 4.90 Å². The molecule has 3 rings (SSSR count). The molecule has 1 aliphatic rings. The van der Waals surface area contributed by atoms with E-state index in [9.17, 15) is 27.6 Å². The predicted octanol–water partition coefficient (Wildman–Crippen LogP) is 5.03. The number of carbonyl (C=O) groups excluding carboxylic acids is 3. The lowest BCUT2D eigenvalue weighted by molar-refractivity contribution is -0.137. The van der Waals surface area contributed by atoms with Gasteiger partial charge in [0.25, 0.3) is 11.1 Å². The molecule has 150 valence electrons. The van der Waals surface area contributed by atoms with Crippen LogP contribution in [0.2, 0.25) is 5.02 Å². The molecule has 1 saturated heterocycles. The molecule has 0 aromatic heterocycles. The standard InChI is InChI=1S/C19H12ClF3N2O3S/c20-13-7-3-1-5-11(13)9-15-17(27)25(18(28)29-15)10-16(26)24-14-8-4-2-6-12(14)19(21,22)23/h1-9H,10H2,(H,24,26)/b15-9-. The molecule has 5 nitrogen and oxygen atoms in total. The van der Waals surface area contributed by atoms with Crippen LogP contribution in [0.1, 0.15) is 11.1 Å². The monoisotopic (exact) mass is 440 g/mol. The van der Waals surface area contributed by atoms with E-state index in [0.717, 1.165) is 12.1 Å². The van der Waals surface area contributed by atoms with Crippen molar-refractivity contribution in [3.63, 3.8) is 0 Å². The van der Waals surface area contributed by atoms with Crippen LogP contribution in [0.25, 0.3) is 6.08 Å². The summed E-state index contributed by atoms with van der Waals surface area (Å²) in [4.78, 5) is 37.5. The Hall–Kier alpha value is -2.78. The van der Waals surface area contributed by atoms with E-state index in [1.54, 1.807) is 24.3 Å². The van der Waals surface area contributed by atoms with Crippen LogP contribution in [0, 0.1) is 0 Å². The van der Waals surface area contributed by atoms with Gasteiger partial charge in [-0.25, -0.2) is 0 Å². The molecule has 0 aliphatic carbocycles. The Morgan fingerprint density at radius 3 is 2.45 bits per heavy atom. The third-order valence-electron chi connectivity index (χ3n) is 3.87. The number of thioether (sulfide) groups is 1. The predicted molar refractivity (Wildman–Crippen MR) is 104 cm³/mol. The van der Waals surface area contributed by atoms with E-state index >= 15 is 0 Å². The minimum atomic E-state index is -4.66. The summed E-state index contributed by atoms with van der Waals surface area (Å²) < 4.78 is 39.1. The quantitative estimate of drug-likeness (QED) is 0.677. The van der Waals surface area contributed by atoms with Gasteiger partial charge in [0.2, 0.25) is 5.91 Å². The van der Waals surface area contributed by atoms with Crippen LogP contribution in [0.5, 0.6) is 0 Å². The number of nitrogens with zero attached hydrogens (tertiary/aromatic N) is 1. The molecule has 2 aromatic carbocycles. The zero-order valence-corrected chi connectivity index (χ0v) is 16.1. The Morgan fingerprint density at radius 1 is 1.10 bits per heavy atom. The second-order valence-corrected chi connectivity index (χ2v) is 7.28. The Balaban J connectivity index is 1.74. The Bertz CT molecular complexity index is 1020. The van der Waals surface area contributed by atoms with E-state index in [1.807, 2.05) is 0 Å². The van der Waals surface area contributed by atoms with Gasteiger partial charge in [0.1, 0.15) is 6.54 Å². The number of alkyl halides is 3. The Morgan fingerprint density at radius 2 is 1.76 bits per heavy atom. The van der Waals surface area contributed by atoms with Crippen LogP contribution >= 0.6 is 23.4 Å². The first-order valence-corrected chi connectivity index (χ1v) is 9.32. The third-order valence-corrected chi connectivity index (χ3v) is 5.13. The number of carbonyl (C=O) groups is 3. The summed E-state index contributed by atoms with van der Waals surface area (Å²) in [5.74, 6) is -1.65. The lowest BCUT2D eigenvalue weighted by atomic mass is 10.1. The lowest BCUT2D eigenvalue weighted by Gasteiger charge is -2.15. The van der Waals surface area contributed by atoms with Gasteiger partial charge in [-0.3, -0.25) is 19.3 Å². The summed E-state index contributed by atoms with van der Waals surface area (Å²) in [7, 11) is 0. The Kier molecular flexibility index (Phi) is 5.99. The first kappa shape index (κ1) is 20.9. The van der Waals surface area contributed by atoms with Crippen LogP contribution in [0.15, 0.2) is 53.4 Å². The van der Waals surface area contributed by atoms with Crippen molar-refractivity contribution >= 4 is 52.2 Å². The fourth-order valence-electron chi connectivity index (χ4n) is 2.54. The van der Waals surface area contributed by atoms with Gasteiger partial charge in [-0.2, -0.15) is 13.2 Å². The average molecular weight is 441 g/mol. The van der Waals surface area contributed by atoms with Gasteiger partial charge in [-0.1, -0.05) is 41.9 Å². The molecule has 0 radical (unpaired) electrons. The molecule has 10 heteroatoms. The summed E-state index contributed by atoms with van der Waals surface area (Å²) in [5, 5.41) is 1.78. The minimum absolute atomic E-state index is 0.0617. The van der Waals surface area contributed by atoms with Gasteiger partial charge in [0, 0.05) is 5.02 Å². The number of nitrogens with one attached hydrogen (secondary N) is 1. The highest BCUT2D eigenvalue weighted by atomic mass is 35.5. The number of hydrogen-bond donors (Lipinski definition) is 1. The van der Waals surface area contributed by atoms with Crippen molar-refractivity contribution in [1.29, 1.82) is 0 Å². The molecule has 1 N–H and O–H groups in total. The normalized spacial score (nSPS) is 15.9. The van der Waals surface area contributed by atoms with Crippen LogP contribution < -0.4 is 5.32 Å². The fourth-order valence-corrected chi connectivity index (χ4v) is 3.56. The van der Waals surface area contributed by atoms with E-state index in [2.05, 4.69) is 5.32 Å². The van der Waals surface area contributed by atoms with Gasteiger partial charge < -0.3 is 5.32 Å². The van der Waals surface area contributed by atoms with Crippen molar-refractivity contribution < 1.29 is 27.6 Å². The molecule has 0 spiro atoms. The number of anilines is 1. The molecule has 1 heterocycles. The third kappa shape index (κ3) is 4.80. The maximum atomic E-state index is 13.0. The topological polar surface area (TPSA) is 66.5 Å². The van der Waals surface area contributed by atoms with Crippen LogP contribution in [-0.2, 0) is 15.8 Å². The van der Waals surface area contributed by atoms with E-state index in [1.165, 1.54) is 18.2 Å². The van der Waals surface area contributed by atoms with Crippen LogP contribution in [0.4, 0.5) is 23.7 Å². The smallest absolute Gasteiger partial charge is 0.324 e. The second kappa shape index (κ2) is 8.30. The van der Waals surface area contributed by atoms with E-state index in [0.29, 0.717) is 27.2 Å². The van der Waals surface area contributed by atoms with Gasteiger partial charge in [-0.15, -0.1) is 0 Å². The number of hydrogen-bond acceptors (Lipinski definition) is 4. The molecule has 1 fully saturated rings. The molecule has 0 saturated carbocycles. The van der Waals surface area contributed by atoms with Crippen molar-refractivity contribution in [3.8, 4) is 0 Å². The SMILES string of the molecule is O=C(CN1C(=O)S/C(=C\c2ccccc2Cl)C1=O)Nc1ccccc1C(F)(F)F. The average Bonchev–Trinajstić information content (AvgIpc) is 2.90. The zero-order chi connectivity index (χ0) is 21.2. The summed E-state index contributed by atoms with van der Waals surface area (Å²) >= 11 is 6.65. The van der Waals surface area contributed by atoms with Gasteiger partial charge in [0.15, 0.2) is 0 Å². The first-order valence-electron chi connectivity index (χ1n) is 8.13. The molecular weight excluding hydrogens is 429 g/mol. The lowest BCUT2D eigenvalue weighted by Crippen LogP contribution is -2.36. The van der Waals surface area contributed by atoms with E-state index in [4.69, 9.17) is 11.6 Å².